The monoisotopic (exact) mass is 273 g/mol. The summed E-state index contributed by atoms with van der Waals surface area (Å²) < 4.78 is 11.5. The second-order valence-corrected chi connectivity index (χ2v) is 6.47. The third-order valence-electron chi connectivity index (χ3n) is 5.29. The van der Waals surface area contributed by atoms with Crippen LogP contribution in [0.4, 0.5) is 0 Å². The molecule has 3 heteroatoms. The first-order valence-electron chi connectivity index (χ1n) is 8.00. The molecule has 4 rings (SSSR count). The van der Waals surface area contributed by atoms with E-state index < -0.39 is 0 Å². The van der Waals surface area contributed by atoms with Gasteiger partial charge in [-0.25, -0.2) is 0 Å². The van der Waals surface area contributed by atoms with Gasteiger partial charge >= 0.3 is 0 Å². The van der Waals surface area contributed by atoms with Crippen LogP contribution in [0.2, 0.25) is 0 Å². The van der Waals surface area contributed by atoms with E-state index in [0.717, 1.165) is 43.0 Å². The molecule has 0 aromatic heterocycles. The minimum atomic E-state index is 0.167. The number of ether oxygens (including phenoxy) is 2. The van der Waals surface area contributed by atoms with Crippen molar-refractivity contribution < 1.29 is 9.47 Å². The molecule has 0 amide bonds. The van der Waals surface area contributed by atoms with Crippen LogP contribution in [0, 0.1) is 17.8 Å². The van der Waals surface area contributed by atoms with E-state index >= 15 is 0 Å². The minimum Gasteiger partial charge on any atom is -0.490 e. The normalized spacial score (nSPS) is 33.0. The van der Waals surface area contributed by atoms with Crippen LogP contribution in [-0.4, -0.2) is 13.2 Å². The van der Waals surface area contributed by atoms with Crippen molar-refractivity contribution in [2.75, 3.05) is 13.2 Å². The Hall–Kier alpha value is -1.22. The second-order valence-electron chi connectivity index (χ2n) is 6.47. The van der Waals surface area contributed by atoms with Crippen LogP contribution in [0.3, 0.4) is 0 Å². The Labute approximate surface area is 120 Å². The highest BCUT2D eigenvalue weighted by atomic mass is 16.5. The third-order valence-corrected chi connectivity index (χ3v) is 5.29. The molecule has 2 saturated carbocycles. The van der Waals surface area contributed by atoms with Crippen LogP contribution in [0.1, 0.15) is 43.7 Å². The van der Waals surface area contributed by atoms with Gasteiger partial charge in [0, 0.05) is 12.5 Å². The number of fused-ring (bicyclic) bond motifs is 2. The van der Waals surface area contributed by atoms with Gasteiger partial charge in [-0.2, -0.15) is 0 Å². The lowest BCUT2D eigenvalue weighted by molar-refractivity contribution is 0.297. The number of hydrogen-bond donors (Lipinski definition) is 1. The highest BCUT2D eigenvalue weighted by molar-refractivity contribution is 5.44. The molecular weight excluding hydrogens is 250 g/mol. The molecule has 0 spiro atoms. The van der Waals surface area contributed by atoms with Gasteiger partial charge in [0.2, 0.25) is 0 Å². The molecule has 3 unspecified atom stereocenters. The van der Waals surface area contributed by atoms with Crippen molar-refractivity contribution in [3.8, 4) is 11.5 Å². The van der Waals surface area contributed by atoms with E-state index in [-0.39, 0.29) is 6.04 Å². The summed E-state index contributed by atoms with van der Waals surface area (Å²) >= 11 is 0. The highest BCUT2D eigenvalue weighted by Gasteiger charge is 2.53. The van der Waals surface area contributed by atoms with Crippen molar-refractivity contribution in [1.29, 1.82) is 0 Å². The summed E-state index contributed by atoms with van der Waals surface area (Å²) in [6.45, 7) is 1.48. The SMILES string of the molecule is NC(c1ccc2c(c1)OCCCO2)C1C2CCCCC21. The van der Waals surface area contributed by atoms with E-state index in [4.69, 9.17) is 15.2 Å². The first-order valence-corrected chi connectivity index (χ1v) is 8.00. The van der Waals surface area contributed by atoms with Crippen molar-refractivity contribution in [1.82, 2.24) is 0 Å². The number of benzene rings is 1. The Morgan fingerprint density at radius 1 is 0.950 bits per heavy atom. The topological polar surface area (TPSA) is 44.5 Å². The molecule has 0 radical (unpaired) electrons. The van der Waals surface area contributed by atoms with Gasteiger partial charge in [-0.15, -0.1) is 0 Å². The van der Waals surface area contributed by atoms with Crippen molar-refractivity contribution in [2.24, 2.45) is 23.5 Å². The summed E-state index contributed by atoms with van der Waals surface area (Å²) in [5, 5.41) is 0. The zero-order valence-corrected chi connectivity index (χ0v) is 11.9. The first kappa shape index (κ1) is 12.5. The summed E-state index contributed by atoms with van der Waals surface area (Å²) in [7, 11) is 0. The zero-order valence-electron chi connectivity index (χ0n) is 11.9. The smallest absolute Gasteiger partial charge is 0.161 e. The molecule has 0 saturated heterocycles. The first-order chi connectivity index (χ1) is 9.84. The fraction of sp³-hybridized carbons (Fsp3) is 0.647. The van der Waals surface area contributed by atoms with Crippen LogP contribution >= 0.6 is 0 Å². The van der Waals surface area contributed by atoms with Gasteiger partial charge in [-0.1, -0.05) is 18.9 Å². The van der Waals surface area contributed by atoms with E-state index in [0.29, 0.717) is 5.92 Å². The van der Waals surface area contributed by atoms with Crippen LogP contribution in [-0.2, 0) is 0 Å². The van der Waals surface area contributed by atoms with Gasteiger partial charge in [0.05, 0.1) is 13.2 Å². The molecular formula is C17H23NO2. The summed E-state index contributed by atoms with van der Waals surface area (Å²) in [5.41, 5.74) is 7.75. The number of nitrogens with two attached hydrogens (primary N) is 1. The fourth-order valence-electron chi connectivity index (χ4n) is 4.19. The van der Waals surface area contributed by atoms with Gasteiger partial charge in [-0.05, 0) is 48.3 Å². The van der Waals surface area contributed by atoms with Crippen LogP contribution < -0.4 is 15.2 Å². The maximum atomic E-state index is 6.54. The molecule has 0 bridgehead atoms. The average Bonchev–Trinajstić information content (AvgIpc) is 3.25. The van der Waals surface area contributed by atoms with Gasteiger partial charge in [0.15, 0.2) is 11.5 Å². The Bertz CT molecular complexity index is 490. The fourth-order valence-corrected chi connectivity index (χ4v) is 4.19. The quantitative estimate of drug-likeness (QED) is 0.899. The molecule has 3 nitrogen and oxygen atoms in total. The van der Waals surface area contributed by atoms with Crippen LogP contribution in [0.5, 0.6) is 11.5 Å². The number of rotatable bonds is 2. The highest BCUT2D eigenvalue weighted by Crippen LogP contribution is 2.59. The average molecular weight is 273 g/mol. The maximum Gasteiger partial charge on any atom is 0.161 e. The van der Waals surface area contributed by atoms with Gasteiger partial charge in [0.25, 0.3) is 0 Å². The lowest BCUT2D eigenvalue weighted by Crippen LogP contribution is -2.14. The number of hydrogen-bond acceptors (Lipinski definition) is 3. The molecule has 2 aliphatic carbocycles. The summed E-state index contributed by atoms with van der Waals surface area (Å²) in [5.74, 6) is 4.21. The Balaban J connectivity index is 1.55. The Kier molecular flexibility index (Phi) is 3.10. The Morgan fingerprint density at radius 3 is 2.40 bits per heavy atom. The molecule has 1 aromatic carbocycles. The summed E-state index contributed by atoms with van der Waals surface area (Å²) in [6, 6.07) is 6.43. The van der Waals surface area contributed by atoms with E-state index in [2.05, 4.69) is 12.1 Å². The molecule has 108 valence electrons. The third kappa shape index (κ3) is 2.08. The minimum absolute atomic E-state index is 0.167. The second kappa shape index (κ2) is 4.96. The van der Waals surface area contributed by atoms with Crippen molar-refractivity contribution >= 4 is 0 Å². The molecule has 1 aromatic rings. The molecule has 3 aliphatic rings. The van der Waals surface area contributed by atoms with Crippen molar-refractivity contribution in [3.63, 3.8) is 0 Å². The van der Waals surface area contributed by atoms with E-state index in [9.17, 15) is 0 Å². The Morgan fingerprint density at radius 2 is 1.65 bits per heavy atom. The van der Waals surface area contributed by atoms with Crippen molar-refractivity contribution in [3.05, 3.63) is 23.8 Å². The predicted molar refractivity (Wildman–Crippen MR) is 77.9 cm³/mol. The van der Waals surface area contributed by atoms with E-state index in [1.165, 1.54) is 31.2 Å². The lowest BCUT2D eigenvalue weighted by Gasteiger charge is -2.15. The standard InChI is InChI=1S/C17H23NO2/c18-17(16-12-4-1-2-5-13(12)16)11-6-7-14-15(10-11)20-9-3-8-19-14/h6-7,10,12-13,16-17H,1-5,8-9,18H2. The summed E-state index contributed by atoms with van der Waals surface area (Å²) in [4.78, 5) is 0. The lowest BCUT2D eigenvalue weighted by atomic mass is 10.0. The van der Waals surface area contributed by atoms with E-state index in [1.54, 1.807) is 0 Å². The molecule has 2 N–H and O–H groups in total. The van der Waals surface area contributed by atoms with Gasteiger partial charge in [0.1, 0.15) is 0 Å². The zero-order chi connectivity index (χ0) is 13.5. The largest absolute Gasteiger partial charge is 0.490 e. The molecule has 20 heavy (non-hydrogen) atoms. The molecule has 2 fully saturated rings. The van der Waals surface area contributed by atoms with Crippen LogP contribution in [0.25, 0.3) is 0 Å². The maximum absolute atomic E-state index is 6.54. The van der Waals surface area contributed by atoms with Crippen molar-refractivity contribution in [2.45, 2.75) is 38.1 Å². The van der Waals surface area contributed by atoms with Gasteiger partial charge < -0.3 is 15.2 Å². The summed E-state index contributed by atoms with van der Waals surface area (Å²) in [6.07, 6.45) is 6.50. The van der Waals surface area contributed by atoms with Gasteiger partial charge in [-0.3, -0.25) is 0 Å². The van der Waals surface area contributed by atoms with E-state index in [1.807, 2.05) is 6.07 Å². The molecule has 1 heterocycles. The predicted octanol–water partition coefficient (Wildman–Crippen LogP) is 3.28. The molecule has 3 atom stereocenters. The van der Waals surface area contributed by atoms with Crippen LogP contribution in [0.15, 0.2) is 18.2 Å². The molecule has 1 aliphatic heterocycles.